The van der Waals surface area contributed by atoms with Gasteiger partial charge in [-0.15, -0.1) is 10.2 Å². The Bertz CT molecular complexity index is 865. The van der Waals surface area contributed by atoms with Gasteiger partial charge in [0.15, 0.2) is 0 Å². The lowest BCUT2D eigenvalue weighted by molar-refractivity contribution is -0.133. The minimum absolute atomic E-state index is 0.210. The minimum atomic E-state index is 0.210. The summed E-state index contributed by atoms with van der Waals surface area (Å²) in [5, 5.41) is 7.92. The maximum Gasteiger partial charge on any atom is 0.223 e. The van der Waals surface area contributed by atoms with Crippen molar-refractivity contribution in [1.82, 2.24) is 29.6 Å². The third-order valence-electron chi connectivity index (χ3n) is 5.16. The van der Waals surface area contributed by atoms with E-state index in [1.165, 1.54) is 0 Å². The zero-order valence-electron chi connectivity index (χ0n) is 15.1. The third kappa shape index (κ3) is 3.61. The number of piperidine rings is 1. The van der Waals surface area contributed by atoms with Crippen LogP contribution in [0.1, 0.15) is 30.9 Å². The van der Waals surface area contributed by atoms with E-state index in [-0.39, 0.29) is 5.91 Å². The van der Waals surface area contributed by atoms with Gasteiger partial charge in [-0.05, 0) is 30.9 Å². The average molecular weight is 352 g/mol. The summed E-state index contributed by atoms with van der Waals surface area (Å²) in [5.74, 6) is 2.55. The molecule has 26 heavy (non-hydrogen) atoms. The quantitative estimate of drug-likeness (QED) is 0.763. The van der Waals surface area contributed by atoms with Gasteiger partial charge in [0.1, 0.15) is 18.0 Å². The number of aromatic amines is 1. The molecule has 1 fully saturated rings. The van der Waals surface area contributed by atoms with E-state index in [0.717, 1.165) is 55.0 Å². The van der Waals surface area contributed by atoms with E-state index in [1.54, 1.807) is 6.33 Å². The highest BCUT2D eigenvalue weighted by Gasteiger charge is 2.24. The Morgan fingerprint density at radius 2 is 2.23 bits per heavy atom. The van der Waals surface area contributed by atoms with Crippen LogP contribution in [0.4, 0.5) is 0 Å². The maximum absolute atomic E-state index is 12.6. The lowest BCUT2D eigenvalue weighted by Gasteiger charge is -2.32. The molecule has 0 bridgehead atoms. The van der Waals surface area contributed by atoms with Crippen molar-refractivity contribution in [3.8, 4) is 0 Å². The Labute approximate surface area is 152 Å². The molecular weight excluding hydrogens is 328 g/mol. The van der Waals surface area contributed by atoms with E-state index in [9.17, 15) is 4.79 Å². The van der Waals surface area contributed by atoms with E-state index < -0.39 is 0 Å². The molecule has 1 aliphatic heterocycles. The number of carbonyl (C=O) groups excluding carboxylic acids is 1. The molecule has 0 spiro atoms. The number of hydrogen-bond acceptors (Lipinski definition) is 4. The van der Waals surface area contributed by atoms with Crippen molar-refractivity contribution in [3.05, 3.63) is 42.2 Å². The second kappa shape index (κ2) is 7.27. The molecule has 0 aliphatic carbocycles. The number of aromatic nitrogens is 5. The number of rotatable bonds is 5. The zero-order chi connectivity index (χ0) is 17.9. The molecule has 0 radical (unpaired) electrons. The number of amides is 1. The number of carbonyl (C=O) groups is 1. The highest BCUT2D eigenvalue weighted by molar-refractivity contribution is 5.76. The van der Waals surface area contributed by atoms with Crippen molar-refractivity contribution in [1.29, 1.82) is 0 Å². The smallest absolute Gasteiger partial charge is 0.223 e. The van der Waals surface area contributed by atoms with Crippen molar-refractivity contribution >= 4 is 16.9 Å². The fraction of sp³-hybridized carbons (Fsp3) is 0.474. The summed E-state index contributed by atoms with van der Waals surface area (Å²) < 4.78 is 1.87. The molecule has 1 unspecified atom stereocenters. The van der Waals surface area contributed by atoms with E-state index in [4.69, 9.17) is 0 Å². The summed E-state index contributed by atoms with van der Waals surface area (Å²) >= 11 is 0. The minimum Gasteiger partial charge on any atom is -0.342 e. The van der Waals surface area contributed by atoms with Gasteiger partial charge < -0.3 is 14.5 Å². The maximum atomic E-state index is 12.6. The Balaban J connectivity index is 1.34. The van der Waals surface area contributed by atoms with Crippen LogP contribution in [0.25, 0.3) is 11.0 Å². The monoisotopic (exact) mass is 352 g/mol. The first-order valence-electron chi connectivity index (χ1n) is 9.23. The predicted octanol–water partition coefficient (Wildman–Crippen LogP) is 2.11. The summed E-state index contributed by atoms with van der Waals surface area (Å²) in [4.78, 5) is 22.7. The van der Waals surface area contributed by atoms with Crippen LogP contribution >= 0.6 is 0 Å². The SMILES string of the molecule is Cn1cnnc1CCC(=O)N1CCCC(Cc2nc3ccccc3[nH]2)C1. The number of benzene rings is 1. The molecule has 7 nitrogen and oxygen atoms in total. The fourth-order valence-corrected chi connectivity index (χ4v) is 3.74. The molecular formula is C19H24N6O. The van der Waals surface area contributed by atoms with Gasteiger partial charge in [-0.3, -0.25) is 4.79 Å². The molecule has 1 N–H and O–H groups in total. The van der Waals surface area contributed by atoms with Crippen molar-refractivity contribution in [2.24, 2.45) is 13.0 Å². The lowest BCUT2D eigenvalue weighted by Crippen LogP contribution is -2.40. The average Bonchev–Trinajstić information content (AvgIpc) is 3.25. The third-order valence-corrected chi connectivity index (χ3v) is 5.16. The number of hydrogen-bond donors (Lipinski definition) is 1. The van der Waals surface area contributed by atoms with E-state index >= 15 is 0 Å². The van der Waals surface area contributed by atoms with Gasteiger partial charge >= 0.3 is 0 Å². The predicted molar refractivity (Wildman–Crippen MR) is 98.4 cm³/mol. The van der Waals surface area contributed by atoms with Crippen LogP contribution in [0, 0.1) is 5.92 Å². The van der Waals surface area contributed by atoms with E-state index in [2.05, 4.69) is 26.2 Å². The lowest BCUT2D eigenvalue weighted by atomic mass is 9.94. The van der Waals surface area contributed by atoms with Crippen LogP contribution in [0.5, 0.6) is 0 Å². The second-order valence-electron chi connectivity index (χ2n) is 7.11. The normalized spacial score (nSPS) is 17.7. The topological polar surface area (TPSA) is 79.7 Å². The largest absolute Gasteiger partial charge is 0.342 e. The summed E-state index contributed by atoms with van der Waals surface area (Å²) in [6.07, 6.45) is 5.89. The molecule has 4 rings (SSSR count). The zero-order valence-corrected chi connectivity index (χ0v) is 15.1. The van der Waals surface area contributed by atoms with Crippen LogP contribution in [0.2, 0.25) is 0 Å². The van der Waals surface area contributed by atoms with Gasteiger partial charge in [-0.1, -0.05) is 12.1 Å². The number of aryl methyl sites for hydroxylation is 2. The molecule has 1 aromatic carbocycles. The fourth-order valence-electron chi connectivity index (χ4n) is 3.74. The Morgan fingerprint density at radius 1 is 1.35 bits per heavy atom. The Kier molecular flexibility index (Phi) is 4.69. The summed E-state index contributed by atoms with van der Waals surface area (Å²) in [6, 6.07) is 8.10. The van der Waals surface area contributed by atoms with Crippen LogP contribution in [0.3, 0.4) is 0 Å². The van der Waals surface area contributed by atoms with Gasteiger partial charge in [0, 0.05) is 39.4 Å². The second-order valence-corrected chi connectivity index (χ2v) is 7.11. The van der Waals surface area contributed by atoms with Crippen molar-refractivity contribution in [3.63, 3.8) is 0 Å². The van der Waals surface area contributed by atoms with Gasteiger partial charge in [-0.25, -0.2) is 4.98 Å². The van der Waals surface area contributed by atoms with Crippen molar-refractivity contribution < 1.29 is 4.79 Å². The van der Waals surface area contributed by atoms with Gasteiger partial charge in [-0.2, -0.15) is 0 Å². The molecule has 1 aliphatic rings. The van der Waals surface area contributed by atoms with Gasteiger partial charge in [0.05, 0.1) is 11.0 Å². The number of nitrogens with zero attached hydrogens (tertiary/aromatic N) is 5. The summed E-state index contributed by atoms with van der Waals surface area (Å²) in [6.45, 7) is 1.67. The number of nitrogens with one attached hydrogen (secondary N) is 1. The first-order valence-corrected chi connectivity index (χ1v) is 9.23. The summed E-state index contributed by atoms with van der Waals surface area (Å²) in [5.41, 5.74) is 2.09. The number of para-hydroxylation sites is 2. The van der Waals surface area contributed by atoms with Crippen LogP contribution in [0.15, 0.2) is 30.6 Å². The Hall–Kier alpha value is -2.70. The van der Waals surface area contributed by atoms with Crippen LogP contribution < -0.4 is 0 Å². The number of likely N-dealkylation sites (tertiary alicyclic amines) is 1. The Morgan fingerprint density at radius 3 is 3.04 bits per heavy atom. The molecule has 2 aromatic heterocycles. The van der Waals surface area contributed by atoms with Crippen LogP contribution in [-0.4, -0.2) is 48.6 Å². The molecule has 136 valence electrons. The van der Waals surface area contributed by atoms with Gasteiger partial charge in [0.2, 0.25) is 5.91 Å². The van der Waals surface area contributed by atoms with Crippen molar-refractivity contribution in [2.45, 2.75) is 32.1 Å². The molecule has 1 saturated heterocycles. The highest BCUT2D eigenvalue weighted by atomic mass is 16.2. The molecule has 1 atom stereocenters. The van der Waals surface area contributed by atoms with Crippen LogP contribution in [-0.2, 0) is 24.7 Å². The first kappa shape index (κ1) is 16.8. The first-order chi connectivity index (χ1) is 12.7. The number of imidazole rings is 1. The summed E-state index contributed by atoms with van der Waals surface area (Å²) in [7, 11) is 1.91. The number of H-pyrrole nitrogens is 1. The van der Waals surface area contributed by atoms with Gasteiger partial charge in [0.25, 0.3) is 0 Å². The number of fused-ring (bicyclic) bond motifs is 1. The molecule has 0 saturated carbocycles. The van der Waals surface area contributed by atoms with Crippen molar-refractivity contribution in [2.75, 3.05) is 13.1 Å². The molecule has 3 heterocycles. The molecule has 3 aromatic rings. The van der Waals surface area contributed by atoms with E-state index in [1.807, 2.05) is 34.7 Å². The van der Waals surface area contributed by atoms with E-state index in [0.29, 0.717) is 18.8 Å². The molecule has 1 amide bonds. The molecule has 7 heteroatoms. The standard InChI is InChI=1S/C19H24N6O/c1-24-13-20-23-18(24)8-9-19(26)25-10-4-5-14(12-25)11-17-21-15-6-2-3-7-16(15)22-17/h2-3,6-7,13-14H,4-5,8-12H2,1H3,(H,21,22). The highest BCUT2D eigenvalue weighted by Crippen LogP contribution is 2.22.